The first-order valence-electron chi connectivity index (χ1n) is 8.11. The van der Waals surface area contributed by atoms with Gasteiger partial charge in [0.15, 0.2) is 0 Å². The SMILES string of the molecule is O=C(CCc1ccccc1Cl)NCc1ccc(Cn2cncn2)cc1. The van der Waals surface area contributed by atoms with Crippen LogP contribution in [0.2, 0.25) is 5.02 Å². The van der Waals surface area contributed by atoms with Gasteiger partial charge in [0.1, 0.15) is 12.7 Å². The number of nitrogens with one attached hydrogen (secondary N) is 1. The maximum Gasteiger partial charge on any atom is 0.220 e. The minimum atomic E-state index is 0.0200. The summed E-state index contributed by atoms with van der Waals surface area (Å²) in [7, 11) is 0. The molecule has 128 valence electrons. The third kappa shape index (κ3) is 5.16. The number of rotatable bonds is 7. The Kier molecular flexibility index (Phi) is 5.80. The summed E-state index contributed by atoms with van der Waals surface area (Å²) in [6.45, 7) is 1.20. The van der Waals surface area contributed by atoms with Crippen molar-refractivity contribution in [2.24, 2.45) is 0 Å². The zero-order chi connectivity index (χ0) is 17.5. The van der Waals surface area contributed by atoms with E-state index in [0.717, 1.165) is 16.7 Å². The fraction of sp³-hybridized carbons (Fsp3) is 0.211. The van der Waals surface area contributed by atoms with Gasteiger partial charge in [-0.2, -0.15) is 5.10 Å². The lowest BCUT2D eigenvalue weighted by atomic mass is 10.1. The first-order valence-corrected chi connectivity index (χ1v) is 8.49. The molecule has 5 nitrogen and oxygen atoms in total. The van der Waals surface area contributed by atoms with E-state index in [1.165, 1.54) is 6.33 Å². The van der Waals surface area contributed by atoms with Gasteiger partial charge in [0, 0.05) is 18.0 Å². The molecular weight excluding hydrogens is 336 g/mol. The van der Waals surface area contributed by atoms with Crippen molar-refractivity contribution in [2.45, 2.75) is 25.9 Å². The van der Waals surface area contributed by atoms with E-state index in [1.54, 1.807) is 11.0 Å². The number of aromatic nitrogens is 3. The van der Waals surface area contributed by atoms with Crippen molar-refractivity contribution in [3.05, 3.63) is 82.9 Å². The van der Waals surface area contributed by atoms with Gasteiger partial charge in [-0.05, 0) is 29.2 Å². The largest absolute Gasteiger partial charge is 0.352 e. The fourth-order valence-corrected chi connectivity index (χ4v) is 2.73. The van der Waals surface area contributed by atoms with E-state index in [1.807, 2.05) is 48.5 Å². The number of halogens is 1. The summed E-state index contributed by atoms with van der Waals surface area (Å²) in [6.07, 6.45) is 4.27. The summed E-state index contributed by atoms with van der Waals surface area (Å²) in [5.74, 6) is 0.0200. The van der Waals surface area contributed by atoms with E-state index in [2.05, 4.69) is 15.4 Å². The van der Waals surface area contributed by atoms with E-state index in [-0.39, 0.29) is 5.91 Å². The second kappa shape index (κ2) is 8.44. The quantitative estimate of drug-likeness (QED) is 0.708. The predicted octanol–water partition coefficient (Wildman–Crippen LogP) is 3.23. The molecule has 0 fully saturated rings. The highest BCUT2D eigenvalue weighted by atomic mass is 35.5. The third-order valence-electron chi connectivity index (χ3n) is 3.90. The molecule has 0 spiro atoms. The predicted molar refractivity (Wildman–Crippen MR) is 97.2 cm³/mol. The Morgan fingerprint density at radius 1 is 1.08 bits per heavy atom. The van der Waals surface area contributed by atoms with Crippen LogP contribution in [0.5, 0.6) is 0 Å². The molecule has 0 aliphatic heterocycles. The Labute approximate surface area is 151 Å². The van der Waals surface area contributed by atoms with Crippen LogP contribution in [-0.4, -0.2) is 20.7 Å². The molecule has 0 aliphatic rings. The van der Waals surface area contributed by atoms with Crippen LogP contribution in [0.1, 0.15) is 23.1 Å². The average Bonchev–Trinajstić information content (AvgIpc) is 3.13. The second-order valence-electron chi connectivity index (χ2n) is 5.78. The molecule has 6 heteroatoms. The summed E-state index contributed by atoms with van der Waals surface area (Å²) in [5, 5.41) is 7.74. The molecular formula is C19H19ClN4O. The number of nitrogens with zero attached hydrogens (tertiary/aromatic N) is 3. The van der Waals surface area contributed by atoms with Crippen molar-refractivity contribution in [2.75, 3.05) is 0 Å². The van der Waals surface area contributed by atoms with Gasteiger partial charge >= 0.3 is 0 Å². The number of carbonyl (C=O) groups excluding carboxylic acids is 1. The topological polar surface area (TPSA) is 59.8 Å². The van der Waals surface area contributed by atoms with Crippen LogP contribution in [0.25, 0.3) is 0 Å². The van der Waals surface area contributed by atoms with Crippen LogP contribution >= 0.6 is 11.6 Å². The van der Waals surface area contributed by atoms with Crippen LogP contribution in [0.15, 0.2) is 61.2 Å². The van der Waals surface area contributed by atoms with Gasteiger partial charge < -0.3 is 5.32 Å². The summed E-state index contributed by atoms with van der Waals surface area (Å²) < 4.78 is 1.77. The Hall–Kier alpha value is -2.66. The standard InChI is InChI=1S/C19H19ClN4O/c20-18-4-2-1-3-17(18)9-10-19(25)22-11-15-5-7-16(8-6-15)12-24-14-21-13-23-24/h1-8,13-14H,9-12H2,(H,22,25). The Balaban J connectivity index is 1.45. The Bertz CT molecular complexity index is 816. The summed E-state index contributed by atoms with van der Waals surface area (Å²) in [6, 6.07) is 15.7. The smallest absolute Gasteiger partial charge is 0.220 e. The van der Waals surface area contributed by atoms with Crippen molar-refractivity contribution in [3.8, 4) is 0 Å². The lowest BCUT2D eigenvalue weighted by Crippen LogP contribution is -2.23. The number of amides is 1. The van der Waals surface area contributed by atoms with Crippen LogP contribution in [-0.2, 0) is 24.3 Å². The third-order valence-corrected chi connectivity index (χ3v) is 4.27. The molecule has 3 rings (SSSR count). The van der Waals surface area contributed by atoms with Crippen LogP contribution < -0.4 is 5.32 Å². The molecule has 0 saturated carbocycles. The molecule has 0 aliphatic carbocycles. The average molecular weight is 355 g/mol. The van der Waals surface area contributed by atoms with Crippen LogP contribution in [0.4, 0.5) is 0 Å². The number of hydrogen-bond acceptors (Lipinski definition) is 3. The van der Waals surface area contributed by atoms with E-state index in [9.17, 15) is 4.79 Å². The molecule has 0 saturated heterocycles. The molecule has 0 unspecified atom stereocenters. The van der Waals surface area contributed by atoms with Crippen molar-refractivity contribution in [1.29, 1.82) is 0 Å². The van der Waals surface area contributed by atoms with Gasteiger partial charge in [-0.1, -0.05) is 54.1 Å². The molecule has 25 heavy (non-hydrogen) atoms. The van der Waals surface area contributed by atoms with Crippen LogP contribution in [0.3, 0.4) is 0 Å². The normalized spacial score (nSPS) is 10.6. The monoisotopic (exact) mass is 354 g/mol. The first kappa shape index (κ1) is 17.2. The lowest BCUT2D eigenvalue weighted by molar-refractivity contribution is -0.121. The maximum absolute atomic E-state index is 12.0. The van der Waals surface area contributed by atoms with Gasteiger partial charge in [-0.25, -0.2) is 9.67 Å². The van der Waals surface area contributed by atoms with Gasteiger partial charge in [0.05, 0.1) is 6.54 Å². The summed E-state index contributed by atoms with van der Waals surface area (Å²) >= 11 is 6.10. The van der Waals surface area contributed by atoms with E-state index < -0.39 is 0 Å². The molecule has 1 aromatic heterocycles. The molecule has 0 bridgehead atoms. The number of carbonyl (C=O) groups is 1. The highest BCUT2D eigenvalue weighted by molar-refractivity contribution is 6.31. The number of aryl methyl sites for hydroxylation is 1. The summed E-state index contributed by atoms with van der Waals surface area (Å²) in [5.41, 5.74) is 3.20. The van der Waals surface area contributed by atoms with Crippen molar-refractivity contribution >= 4 is 17.5 Å². The Morgan fingerprint density at radius 3 is 2.56 bits per heavy atom. The fourth-order valence-electron chi connectivity index (χ4n) is 2.50. The first-order chi connectivity index (χ1) is 12.2. The van der Waals surface area contributed by atoms with Gasteiger partial charge in [-0.15, -0.1) is 0 Å². The zero-order valence-electron chi connectivity index (χ0n) is 13.7. The zero-order valence-corrected chi connectivity index (χ0v) is 14.5. The number of hydrogen-bond donors (Lipinski definition) is 1. The second-order valence-corrected chi connectivity index (χ2v) is 6.18. The van der Waals surface area contributed by atoms with Gasteiger partial charge in [0.25, 0.3) is 0 Å². The van der Waals surface area contributed by atoms with Gasteiger partial charge in [0.2, 0.25) is 5.91 Å². The van der Waals surface area contributed by atoms with Crippen molar-refractivity contribution in [3.63, 3.8) is 0 Å². The molecule has 0 atom stereocenters. The number of benzene rings is 2. The van der Waals surface area contributed by atoms with E-state index in [4.69, 9.17) is 11.6 Å². The maximum atomic E-state index is 12.0. The highest BCUT2D eigenvalue weighted by Gasteiger charge is 2.05. The highest BCUT2D eigenvalue weighted by Crippen LogP contribution is 2.16. The van der Waals surface area contributed by atoms with Crippen molar-refractivity contribution < 1.29 is 4.79 Å². The molecule has 1 N–H and O–H groups in total. The lowest BCUT2D eigenvalue weighted by Gasteiger charge is -2.07. The summed E-state index contributed by atoms with van der Waals surface area (Å²) in [4.78, 5) is 15.9. The molecule has 1 amide bonds. The van der Waals surface area contributed by atoms with Crippen molar-refractivity contribution in [1.82, 2.24) is 20.1 Å². The van der Waals surface area contributed by atoms with E-state index >= 15 is 0 Å². The minimum Gasteiger partial charge on any atom is -0.352 e. The van der Waals surface area contributed by atoms with Gasteiger partial charge in [-0.3, -0.25) is 4.79 Å². The molecule has 3 aromatic rings. The van der Waals surface area contributed by atoms with E-state index in [0.29, 0.717) is 31.0 Å². The molecule has 2 aromatic carbocycles. The minimum absolute atomic E-state index is 0.0200. The molecule has 0 radical (unpaired) electrons. The van der Waals surface area contributed by atoms with Crippen LogP contribution in [0, 0.1) is 0 Å². The Morgan fingerprint density at radius 2 is 1.84 bits per heavy atom. The molecule has 1 heterocycles.